The number of piperidine rings is 1. The Bertz CT molecular complexity index is 442. The van der Waals surface area contributed by atoms with Crippen LogP contribution in [-0.4, -0.2) is 49.9 Å². The van der Waals surface area contributed by atoms with Gasteiger partial charge in [-0.15, -0.1) is 0 Å². The molecule has 2 heterocycles. The molecule has 118 valence electrons. The van der Waals surface area contributed by atoms with Crippen molar-refractivity contribution in [2.24, 2.45) is 0 Å². The summed E-state index contributed by atoms with van der Waals surface area (Å²) in [5.41, 5.74) is 0. The summed E-state index contributed by atoms with van der Waals surface area (Å²) >= 11 is 0. The molecular weight excluding hydrogens is 268 g/mol. The van der Waals surface area contributed by atoms with E-state index in [1.807, 2.05) is 13.1 Å². The number of ether oxygens (including phenoxy) is 2. The minimum absolute atomic E-state index is 0.303. The molecule has 0 bridgehead atoms. The third-order valence-corrected chi connectivity index (χ3v) is 3.55. The summed E-state index contributed by atoms with van der Waals surface area (Å²) in [7, 11) is 3.52. The molecule has 21 heavy (non-hydrogen) atoms. The molecule has 0 amide bonds. The maximum absolute atomic E-state index is 5.89. The lowest BCUT2D eigenvalue weighted by atomic mass is 10.1. The zero-order valence-electron chi connectivity index (χ0n) is 13.3. The van der Waals surface area contributed by atoms with Gasteiger partial charge in [-0.05, 0) is 19.3 Å². The smallest absolute Gasteiger partial charge is 0.158 e. The molecule has 0 aromatic carbocycles. The van der Waals surface area contributed by atoms with Crippen LogP contribution in [0.25, 0.3) is 0 Å². The molecule has 1 aromatic rings. The Hall–Kier alpha value is -1.40. The first-order valence-corrected chi connectivity index (χ1v) is 7.68. The second kappa shape index (κ2) is 8.14. The highest BCUT2D eigenvalue weighted by atomic mass is 16.5. The van der Waals surface area contributed by atoms with Crippen molar-refractivity contribution in [2.75, 3.05) is 44.1 Å². The topological polar surface area (TPSA) is 59.5 Å². The Balaban J connectivity index is 2.10. The van der Waals surface area contributed by atoms with Crippen molar-refractivity contribution in [3.63, 3.8) is 0 Å². The monoisotopic (exact) mass is 294 g/mol. The summed E-state index contributed by atoms with van der Waals surface area (Å²) in [5, 5.41) is 3.09. The fraction of sp³-hybridized carbons (Fsp3) is 0.733. The van der Waals surface area contributed by atoms with Gasteiger partial charge in [0.25, 0.3) is 0 Å². The minimum Gasteiger partial charge on any atom is -0.377 e. The average Bonchev–Trinajstić information content (AvgIpc) is 2.53. The molecule has 1 unspecified atom stereocenters. The van der Waals surface area contributed by atoms with Crippen LogP contribution in [0.5, 0.6) is 0 Å². The lowest BCUT2D eigenvalue weighted by molar-refractivity contribution is 0.0439. The molecule has 0 saturated carbocycles. The van der Waals surface area contributed by atoms with E-state index in [9.17, 15) is 0 Å². The van der Waals surface area contributed by atoms with Gasteiger partial charge in [0, 0.05) is 39.9 Å². The van der Waals surface area contributed by atoms with Crippen LogP contribution in [0, 0.1) is 0 Å². The molecule has 1 atom stereocenters. The van der Waals surface area contributed by atoms with Gasteiger partial charge in [-0.3, -0.25) is 0 Å². The first-order chi connectivity index (χ1) is 10.3. The van der Waals surface area contributed by atoms with E-state index in [4.69, 9.17) is 9.47 Å². The van der Waals surface area contributed by atoms with Crippen LogP contribution in [0.4, 0.5) is 11.6 Å². The lowest BCUT2D eigenvalue weighted by Crippen LogP contribution is -2.40. The van der Waals surface area contributed by atoms with Gasteiger partial charge in [-0.1, -0.05) is 6.92 Å². The Morgan fingerprint density at radius 3 is 3.00 bits per heavy atom. The van der Waals surface area contributed by atoms with Crippen LogP contribution in [0.2, 0.25) is 0 Å². The average molecular weight is 294 g/mol. The lowest BCUT2D eigenvalue weighted by Gasteiger charge is -2.33. The summed E-state index contributed by atoms with van der Waals surface area (Å²) < 4.78 is 11.0. The quantitative estimate of drug-likeness (QED) is 0.830. The van der Waals surface area contributed by atoms with Crippen molar-refractivity contribution in [1.29, 1.82) is 0 Å². The fourth-order valence-electron chi connectivity index (χ4n) is 2.53. The Morgan fingerprint density at radius 2 is 2.29 bits per heavy atom. The van der Waals surface area contributed by atoms with Gasteiger partial charge in [0.2, 0.25) is 0 Å². The highest BCUT2D eigenvalue weighted by Gasteiger charge is 2.22. The highest BCUT2D eigenvalue weighted by molar-refractivity contribution is 5.49. The molecule has 0 spiro atoms. The van der Waals surface area contributed by atoms with Crippen LogP contribution in [0.1, 0.15) is 32.0 Å². The molecule has 1 saturated heterocycles. The number of anilines is 2. The molecule has 0 radical (unpaired) electrons. The van der Waals surface area contributed by atoms with Gasteiger partial charge < -0.3 is 19.7 Å². The zero-order valence-corrected chi connectivity index (χ0v) is 13.3. The Morgan fingerprint density at radius 1 is 1.43 bits per heavy atom. The van der Waals surface area contributed by atoms with E-state index in [1.54, 1.807) is 7.11 Å². The predicted molar refractivity (Wildman–Crippen MR) is 83.8 cm³/mol. The molecule has 1 aliphatic heterocycles. The molecule has 2 rings (SSSR count). The van der Waals surface area contributed by atoms with Gasteiger partial charge in [0.05, 0.1) is 6.10 Å². The maximum Gasteiger partial charge on any atom is 0.158 e. The Kier molecular flexibility index (Phi) is 6.20. The van der Waals surface area contributed by atoms with E-state index in [0.29, 0.717) is 18.5 Å². The van der Waals surface area contributed by atoms with E-state index in [1.165, 1.54) is 0 Å². The number of hydrogen-bond acceptors (Lipinski definition) is 6. The van der Waals surface area contributed by atoms with Crippen molar-refractivity contribution < 1.29 is 9.47 Å². The first kappa shape index (κ1) is 16.0. The van der Waals surface area contributed by atoms with Crippen LogP contribution in [0.3, 0.4) is 0 Å². The molecule has 1 N–H and O–H groups in total. The van der Waals surface area contributed by atoms with Gasteiger partial charge in [-0.2, -0.15) is 0 Å². The van der Waals surface area contributed by atoms with E-state index in [0.717, 1.165) is 50.6 Å². The molecule has 1 fully saturated rings. The van der Waals surface area contributed by atoms with Crippen LogP contribution in [0.15, 0.2) is 6.07 Å². The summed E-state index contributed by atoms with van der Waals surface area (Å²) in [5.74, 6) is 2.48. The van der Waals surface area contributed by atoms with Gasteiger partial charge >= 0.3 is 0 Å². The molecular formula is C15H26N4O2. The fourth-order valence-corrected chi connectivity index (χ4v) is 2.53. The first-order valence-electron chi connectivity index (χ1n) is 7.68. The van der Waals surface area contributed by atoms with Gasteiger partial charge in [0.1, 0.15) is 18.2 Å². The number of nitrogens with zero attached hydrogens (tertiary/aromatic N) is 3. The van der Waals surface area contributed by atoms with E-state index in [2.05, 4.69) is 27.1 Å². The number of rotatable bonds is 7. The van der Waals surface area contributed by atoms with Crippen molar-refractivity contribution in [3.8, 4) is 0 Å². The number of nitrogens with one attached hydrogen (secondary N) is 1. The van der Waals surface area contributed by atoms with Crippen molar-refractivity contribution in [2.45, 2.75) is 38.9 Å². The second-order valence-electron chi connectivity index (χ2n) is 5.29. The molecule has 1 aliphatic rings. The normalized spacial score (nSPS) is 18.8. The summed E-state index contributed by atoms with van der Waals surface area (Å²) in [6, 6.07) is 1.99. The van der Waals surface area contributed by atoms with E-state index >= 15 is 0 Å². The minimum atomic E-state index is 0.303. The maximum atomic E-state index is 5.89. The summed E-state index contributed by atoms with van der Waals surface area (Å²) in [6.07, 6.45) is 3.63. The van der Waals surface area contributed by atoms with Crippen LogP contribution < -0.4 is 10.2 Å². The van der Waals surface area contributed by atoms with Crippen LogP contribution >= 0.6 is 0 Å². The van der Waals surface area contributed by atoms with Gasteiger partial charge in [0.15, 0.2) is 5.82 Å². The largest absolute Gasteiger partial charge is 0.377 e. The zero-order chi connectivity index (χ0) is 15.1. The summed E-state index contributed by atoms with van der Waals surface area (Å²) in [4.78, 5) is 11.3. The van der Waals surface area contributed by atoms with E-state index in [-0.39, 0.29) is 0 Å². The standard InChI is InChI=1S/C15H26N4O2/c1-4-8-21-12-6-5-7-19(10-12)15-9-13(16-2)17-14(18-15)11-20-3/h9,12H,4-8,10-11H2,1-3H3,(H,16,17,18). The summed E-state index contributed by atoms with van der Waals surface area (Å²) in [6.45, 7) is 5.30. The molecule has 1 aromatic heterocycles. The number of methoxy groups -OCH3 is 1. The SMILES string of the molecule is CCCOC1CCCN(c2cc(NC)nc(COC)n2)C1. The van der Waals surface area contributed by atoms with E-state index < -0.39 is 0 Å². The molecule has 6 nitrogen and oxygen atoms in total. The van der Waals surface area contributed by atoms with Gasteiger partial charge in [-0.25, -0.2) is 9.97 Å². The Labute approximate surface area is 126 Å². The highest BCUT2D eigenvalue weighted by Crippen LogP contribution is 2.22. The molecule has 6 heteroatoms. The van der Waals surface area contributed by atoms with Crippen molar-refractivity contribution in [3.05, 3.63) is 11.9 Å². The van der Waals surface area contributed by atoms with Crippen molar-refractivity contribution >= 4 is 11.6 Å². The number of aromatic nitrogens is 2. The molecule has 0 aliphatic carbocycles. The third kappa shape index (κ3) is 4.54. The third-order valence-electron chi connectivity index (χ3n) is 3.55. The van der Waals surface area contributed by atoms with Crippen LogP contribution in [-0.2, 0) is 16.1 Å². The number of hydrogen-bond donors (Lipinski definition) is 1. The second-order valence-corrected chi connectivity index (χ2v) is 5.29. The predicted octanol–water partition coefficient (Wildman–Crippen LogP) is 2.06. The van der Waals surface area contributed by atoms with Crippen molar-refractivity contribution in [1.82, 2.24) is 9.97 Å².